The zero-order chi connectivity index (χ0) is 11.4. The molecule has 0 fully saturated rings. The lowest BCUT2D eigenvalue weighted by Gasteiger charge is -2.06. The summed E-state index contributed by atoms with van der Waals surface area (Å²) in [6.07, 6.45) is 3.04. The molecule has 0 atom stereocenters. The molecular weight excluding hydrogens is 232 g/mol. The van der Waals surface area contributed by atoms with E-state index in [1.165, 1.54) is 13.3 Å². The molecule has 0 aliphatic rings. The fourth-order valence-corrected chi connectivity index (χ4v) is 1.24. The van der Waals surface area contributed by atoms with Gasteiger partial charge in [0.1, 0.15) is 5.02 Å². The second kappa shape index (κ2) is 4.80. The van der Waals surface area contributed by atoms with Gasteiger partial charge in [-0.3, -0.25) is 0 Å². The van der Waals surface area contributed by atoms with E-state index in [0.717, 1.165) is 0 Å². The van der Waals surface area contributed by atoms with Crippen LogP contribution >= 0.6 is 11.6 Å². The number of aromatic nitrogens is 3. The van der Waals surface area contributed by atoms with Crippen molar-refractivity contribution in [2.75, 3.05) is 12.4 Å². The molecule has 0 radical (unpaired) electrons. The molecule has 0 saturated carbocycles. The third-order valence-electron chi connectivity index (χ3n) is 1.83. The molecule has 6 nitrogen and oxygen atoms in total. The Balaban J connectivity index is 2.08. The van der Waals surface area contributed by atoms with Crippen molar-refractivity contribution in [3.05, 3.63) is 29.2 Å². The third kappa shape index (κ3) is 2.40. The summed E-state index contributed by atoms with van der Waals surface area (Å²) in [7, 11) is 1.49. The van der Waals surface area contributed by atoms with Crippen LogP contribution in [0.4, 0.5) is 5.82 Å². The van der Waals surface area contributed by atoms with Gasteiger partial charge in [-0.2, -0.15) is 4.98 Å². The van der Waals surface area contributed by atoms with E-state index in [1.54, 1.807) is 12.3 Å². The highest BCUT2D eigenvalue weighted by molar-refractivity contribution is 6.32. The van der Waals surface area contributed by atoms with Crippen molar-refractivity contribution < 1.29 is 9.26 Å². The van der Waals surface area contributed by atoms with E-state index < -0.39 is 0 Å². The molecule has 0 unspecified atom stereocenters. The molecule has 2 rings (SSSR count). The molecule has 0 bridgehead atoms. The number of anilines is 1. The number of ether oxygens (including phenoxy) is 1. The zero-order valence-corrected chi connectivity index (χ0v) is 9.23. The van der Waals surface area contributed by atoms with Crippen molar-refractivity contribution >= 4 is 17.4 Å². The van der Waals surface area contributed by atoms with Crippen LogP contribution in [0.15, 0.2) is 23.0 Å². The van der Waals surface area contributed by atoms with Gasteiger partial charge in [-0.25, -0.2) is 4.98 Å². The largest absolute Gasteiger partial charge is 0.467 e. The molecule has 2 aromatic heterocycles. The molecule has 0 amide bonds. The van der Waals surface area contributed by atoms with Crippen LogP contribution in [0.25, 0.3) is 0 Å². The Hall–Kier alpha value is -1.82. The van der Waals surface area contributed by atoms with Gasteiger partial charge >= 0.3 is 6.01 Å². The summed E-state index contributed by atoms with van der Waals surface area (Å²) >= 11 is 5.90. The number of nitrogens with one attached hydrogen (secondary N) is 1. The third-order valence-corrected chi connectivity index (χ3v) is 2.10. The number of rotatable bonds is 4. The molecule has 0 aliphatic heterocycles. The van der Waals surface area contributed by atoms with Crippen LogP contribution in [-0.4, -0.2) is 22.2 Å². The predicted molar refractivity (Wildman–Crippen MR) is 57.4 cm³/mol. The monoisotopic (exact) mass is 240 g/mol. The highest BCUT2D eigenvalue weighted by Gasteiger charge is 2.06. The van der Waals surface area contributed by atoms with E-state index in [1.807, 2.05) is 0 Å². The van der Waals surface area contributed by atoms with Gasteiger partial charge in [0.25, 0.3) is 0 Å². The summed E-state index contributed by atoms with van der Waals surface area (Å²) in [5, 5.41) is 7.00. The number of hydrogen-bond acceptors (Lipinski definition) is 6. The van der Waals surface area contributed by atoms with Crippen LogP contribution in [0.5, 0.6) is 6.01 Å². The highest BCUT2D eigenvalue weighted by Crippen LogP contribution is 2.20. The van der Waals surface area contributed by atoms with Gasteiger partial charge in [0.2, 0.25) is 0 Å². The lowest BCUT2D eigenvalue weighted by atomic mass is 10.4. The van der Waals surface area contributed by atoms with Gasteiger partial charge in [0.15, 0.2) is 11.6 Å². The van der Waals surface area contributed by atoms with Crippen molar-refractivity contribution in [1.29, 1.82) is 0 Å². The fourth-order valence-electron chi connectivity index (χ4n) is 1.08. The Morgan fingerprint density at radius 2 is 2.44 bits per heavy atom. The minimum Gasteiger partial charge on any atom is -0.467 e. The quantitative estimate of drug-likeness (QED) is 0.878. The van der Waals surface area contributed by atoms with E-state index in [9.17, 15) is 0 Å². The Morgan fingerprint density at radius 3 is 3.12 bits per heavy atom. The van der Waals surface area contributed by atoms with E-state index in [4.69, 9.17) is 20.9 Å². The maximum absolute atomic E-state index is 5.90. The van der Waals surface area contributed by atoms with Crippen molar-refractivity contribution in [3.8, 4) is 6.01 Å². The lowest BCUT2D eigenvalue weighted by molar-refractivity contribution is 0.379. The molecule has 2 aromatic rings. The lowest BCUT2D eigenvalue weighted by Crippen LogP contribution is -2.03. The Labute approximate surface area is 96.6 Å². The first kappa shape index (κ1) is 10.7. The summed E-state index contributed by atoms with van der Waals surface area (Å²) in [4.78, 5) is 7.91. The minimum atomic E-state index is 0.254. The smallest absolute Gasteiger partial charge is 0.318 e. The van der Waals surface area contributed by atoms with Gasteiger partial charge in [0.05, 0.1) is 26.0 Å². The Kier molecular flexibility index (Phi) is 3.21. The van der Waals surface area contributed by atoms with E-state index in [2.05, 4.69) is 20.4 Å². The van der Waals surface area contributed by atoms with Gasteiger partial charge < -0.3 is 14.6 Å². The standard InChI is InChI=1S/C9H9ClN4O2/c1-15-9-12-5-7(10)8(14-9)11-4-6-2-3-13-16-6/h2-3,5H,4H2,1H3,(H,11,12,14). The number of nitrogens with zero attached hydrogens (tertiary/aromatic N) is 3. The van der Waals surface area contributed by atoms with Crippen molar-refractivity contribution in [1.82, 2.24) is 15.1 Å². The van der Waals surface area contributed by atoms with Crippen LogP contribution in [0.3, 0.4) is 0 Å². The predicted octanol–water partition coefficient (Wildman–Crippen LogP) is 1.74. The second-order valence-corrected chi connectivity index (χ2v) is 3.29. The highest BCUT2D eigenvalue weighted by atomic mass is 35.5. The van der Waals surface area contributed by atoms with E-state index >= 15 is 0 Å². The van der Waals surface area contributed by atoms with Crippen LogP contribution in [-0.2, 0) is 6.54 Å². The van der Waals surface area contributed by atoms with Crippen LogP contribution in [0.2, 0.25) is 5.02 Å². The molecule has 0 aromatic carbocycles. The average Bonchev–Trinajstić information content (AvgIpc) is 2.81. The number of halogens is 1. The summed E-state index contributed by atoms with van der Waals surface area (Å²) in [6.45, 7) is 0.444. The first-order chi connectivity index (χ1) is 7.79. The molecule has 7 heteroatoms. The van der Waals surface area contributed by atoms with Crippen LogP contribution in [0.1, 0.15) is 5.76 Å². The molecule has 1 N–H and O–H groups in total. The fraction of sp³-hybridized carbons (Fsp3) is 0.222. The minimum absolute atomic E-state index is 0.254. The summed E-state index contributed by atoms with van der Waals surface area (Å²) < 4.78 is 9.81. The van der Waals surface area contributed by atoms with Gasteiger partial charge in [-0.1, -0.05) is 16.8 Å². The number of methoxy groups -OCH3 is 1. The van der Waals surface area contributed by atoms with Crippen LogP contribution < -0.4 is 10.1 Å². The average molecular weight is 241 g/mol. The van der Waals surface area contributed by atoms with Crippen molar-refractivity contribution in [3.63, 3.8) is 0 Å². The second-order valence-electron chi connectivity index (χ2n) is 2.89. The SMILES string of the molecule is COc1ncc(Cl)c(NCc2ccno2)n1. The van der Waals surface area contributed by atoms with Crippen LogP contribution in [0, 0.1) is 0 Å². The molecular formula is C9H9ClN4O2. The topological polar surface area (TPSA) is 73.1 Å². The maximum atomic E-state index is 5.90. The van der Waals surface area contributed by atoms with Gasteiger partial charge in [-0.15, -0.1) is 0 Å². The van der Waals surface area contributed by atoms with Crippen molar-refractivity contribution in [2.24, 2.45) is 0 Å². The van der Waals surface area contributed by atoms with E-state index in [-0.39, 0.29) is 6.01 Å². The molecule has 2 heterocycles. The first-order valence-electron chi connectivity index (χ1n) is 4.49. The van der Waals surface area contributed by atoms with E-state index in [0.29, 0.717) is 23.1 Å². The number of hydrogen-bond donors (Lipinski definition) is 1. The first-order valence-corrected chi connectivity index (χ1v) is 4.87. The summed E-state index contributed by atoms with van der Waals surface area (Å²) in [5.41, 5.74) is 0. The van der Waals surface area contributed by atoms with Gasteiger partial charge in [-0.05, 0) is 0 Å². The summed E-state index contributed by atoms with van der Waals surface area (Å²) in [5.74, 6) is 1.18. The zero-order valence-electron chi connectivity index (χ0n) is 8.48. The Morgan fingerprint density at radius 1 is 1.56 bits per heavy atom. The normalized spacial score (nSPS) is 10.1. The maximum Gasteiger partial charge on any atom is 0.318 e. The molecule has 0 aliphatic carbocycles. The van der Waals surface area contributed by atoms with Gasteiger partial charge in [0, 0.05) is 6.07 Å². The molecule has 0 saturated heterocycles. The molecule has 0 spiro atoms. The summed E-state index contributed by atoms with van der Waals surface area (Å²) in [6, 6.07) is 2.00. The van der Waals surface area contributed by atoms with Crippen molar-refractivity contribution in [2.45, 2.75) is 6.54 Å². The molecule has 84 valence electrons. The molecule has 16 heavy (non-hydrogen) atoms. The Bertz CT molecular complexity index is 461.